The fraction of sp³-hybridized carbons (Fsp3) is 0.0714. The molecular weight excluding hydrogens is 251 g/mol. The normalized spacial score (nSPS) is 9.83. The number of anilines is 1. The number of halogens is 2. The van der Waals surface area contributed by atoms with Gasteiger partial charge in [-0.15, -0.1) is 0 Å². The van der Waals surface area contributed by atoms with Gasteiger partial charge in [-0.05, 0) is 35.9 Å². The van der Waals surface area contributed by atoms with Crippen LogP contribution in [0.4, 0.5) is 10.1 Å². The van der Waals surface area contributed by atoms with E-state index in [1.807, 2.05) is 6.07 Å². The van der Waals surface area contributed by atoms with Gasteiger partial charge in [-0.25, -0.2) is 4.39 Å². The summed E-state index contributed by atoms with van der Waals surface area (Å²) < 4.78 is 13.4. The number of nitrogens with one attached hydrogen (secondary N) is 1. The van der Waals surface area contributed by atoms with Crippen molar-refractivity contribution in [3.05, 3.63) is 64.4 Å². The second kappa shape index (κ2) is 5.52. The van der Waals surface area contributed by atoms with Crippen molar-refractivity contribution in [2.24, 2.45) is 0 Å². The summed E-state index contributed by atoms with van der Waals surface area (Å²) in [7, 11) is 0. The lowest BCUT2D eigenvalue weighted by Gasteiger charge is -2.08. The van der Waals surface area contributed by atoms with Crippen LogP contribution in [0.5, 0.6) is 0 Å². The lowest BCUT2D eigenvalue weighted by atomic mass is 10.1. The summed E-state index contributed by atoms with van der Waals surface area (Å²) in [6.45, 7) is 0.437. The Kier molecular flexibility index (Phi) is 3.81. The first-order valence-corrected chi connectivity index (χ1v) is 5.75. The first kappa shape index (κ1) is 12.4. The van der Waals surface area contributed by atoms with Crippen LogP contribution < -0.4 is 5.32 Å². The van der Waals surface area contributed by atoms with Crippen molar-refractivity contribution in [3.63, 3.8) is 0 Å². The van der Waals surface area contributed by atoms with Crippen molar-refractivity contribution < 1.29 is 4.39 Å². The van der Waals surface area contributed by atoms with Crippen LogP contribution in [0, 0.1) is 17.1 Å². The van der Waals surface area contributed by atoms with E-state index in [0.29, 0.717) is 22.8 Å². The van der Waals surface area contributed by atoms with E-state index in [0.717, 1.165) is 5.56 Å². The highest BCUT2D eigenvalue weighted by molar-refractivity contribution is 6.30. The van der Waals surface area contributed by atoms with Gasteiger partial charge in [0.2, 0.25) is 0 Å². The lowest BCUT2D eigenvalue weighted by molar-refractivity contribution is 0.630. The third-order valence-corrected chi connectivity index (χ3v) is 2.70. The average Bonchev–Trinajstić information content (AvgIpc) is 2.40. The first-order valence-electron chi connectivity index (χ1n) is 5.37. The van der Waals surface area contributed by atoms with E-state index in [1.165, 1.54) is 18.2 Å². The van der Waals surface area contributed by atoms with Gasteiger partial charge in [-0.1, -0.05) is 23.7 Å². The SMILES string of the molecule is N#Cc1cccc(CNc2cc(Cl)ccc2F)c1. The minimum Gasteiger partial charge on any atom is -0.379 e. The molecule has 0 radical (unpaired) electrons. The molecule has 0 fully saturated rings. The molecule has 18 heavy (non-hydrogen) atoms. The Labute approximate surface area is 110 Å². The number of rotatable bonds is 3. The van der Waals surface area contributed by atoms with Gasteiger partial charge in [-0.3, -0.25) is 0 Å². The van der Waals surface area contributed by atoms with Gasteiger partial charge in [0.05, 0.1) is 17.3 Å². The van der Waals surface area contributed by atoms with Gasteiger partial charge in [0.1, 0.15) is 5.82 Å². The third-order valence-electron chi connectivity index (χ3n) is 2.47. The van der Waals surface area contributed by atoms with Crippen LogP contribution in [0.25, 0.3) is 0 Å². The van der Waals surface area contributed by atoms with Gasteiger partial charge < -0.3 is 5.32 Å². The summed E-state index contributed by atoms with van der Waals surface area (Å²) in [5.41, 5.74) is 1.85. The fourth-order valence-electron chi connectivity index (χ4n) is 1.58. The molecule has 0 bridgehead atoms. The van der Waals surface area contributed by atoms with E-state index in [2.05, 4.69) is 11.4 Å². The topological polar surface area (TPSA) is 35.8 Å². The first-order chi connectivity index (χ1) is 8.69. The number of nitriles is 1. The van der Waals surface area contributed by atoms with E-state index in [4.69, 9.17) is 16.9 Å². The summed E-state index contributed by atoms with van der Waals surface area (Å²) in [6, 6.07) is 13.6. The van der Waals surface area contributed by atoms with Gasteiger partial charge in [-0.2, -0.15) is 5.26 Å². The molecule has 4 heteroatoms. The Morgan fingerprint density at radius 1 is 1.22 bits per heavy atom. The van der Waals surface area contributed by atoms with Gasteiger partial charge >= 0.3 is 0 Å². The Balaban J connectivity index is 2.11. The molecule has 2 nitrogen and oxygen atoms in total. The molecule has 1 N–H and O–H groups in total. The monoisotopic (exact) mass is 260 g/mol. The molecule has 0 heterocycles. The zero-order chi connectivity index (χ0) is 13.0. The van der Waals surface area contributed by atoms with Crippen LogP contribution in [-0.4, -0.2) is 0 Å². The number of nitrogens with zero attached hydrogens (tertiary/aromatic N) is 1. The van der Waals surface area contributed by atoms with Crippen LogP contribution in [-0.2, 0) is 6.54 Å². The molecule has 2 aromatic rings. The van der Waals surface area contributed by atoms with Crippen LogP contribution >= 0.6 is 11.6 Å². The molecule has 0 unspecified atom stereocenters. The maximum absolute atomic E-state index is 13.4. The molecule has 0 atom stereocenters. The molecule has 0 aliphatic carbocycles. The number of benzene rings is 2. The van der Waals surface area contributed by atoms with Gasteiger partial charge in [0.25, 0.3) is 0 Å². The Bertz CT molecular complexity index is 605. The van der Waals surface area contributed by atoms with Crippen molar-refractivity contribution in [3.8, 4) is 6.07 Å². The number of hydrogen-bond acceptors (Lipinski definition) is 2. The van der Waals surface area contributed by atoms with E-state index in [9.17, 15) is 4.39 Å². The quantitative estimate of drug-likeness (QED) is 0.907. The second-order valence-corrected chi connectivity index (χ2v) is 4.23. The second-order valence-electron chi connectivity index (χ2n) is 3.79. The summed E-state index contributed by atoms with van der Waals surface area (Å²) in [5.74, 6) is -0.351. The third kappa shape index (κ3) is 2.99. The van der Waals surface area contributed by atoms with E-state index in [1.54, 1.807) is 18.2 Å². The van der Waals surface area contributed by atoms with Crippen molar-refractivity contribution in [1.29, 1.82) is 5.26 Å². The smallest absolute Gasteiger partial charge is 0.146 e. The Hall–Kier alpha value is -2.05. The average molecular weight is 261 g/mol. The van der Waals surface area contributed by atoms with Crippen LogP contribution in [0.3, 0.4) is 0 Å². The maximum Gasteiger partial charge on any atom is 0.146 e. The molecule has 0 amide bonds. The molecule has 0 aromatic heterocycles. The van der Waals surface area contributed by atoms with Gasteiger partial charge in [0, 0.05) is 11.6 Å². The minimum atomic E-state index is -0.351. The molecule has 2 rings (SSSR count). The van der Waals surface area contributed by atoms with E-state index >= 15 is 0 Å². The summed E-state index contributed by atoms with van der Waals surface area (Å²) >= 11 is 5.80. The fourth-order valence-corrected chi connectivity index (χ4v) is 1.75. The zero-order valence-electron chi connectivity index (χ0n) is 9.45. The van der Waals surface area contributed by atoms with Crippen LogP contribution in [0.1, 0.15) is 11.1 Å². The predicted molar refractivity (Wildman–Crippen MR) is 69.9 cm³/mol. The van der Waals surface area contributed by atoms with Crippen molar-refractivity contribution >= 4 is 17.3 Å². The molecular formula is C14H10ClFN2. The largest absolute Gasteiger partial charge is 0.379 e. The van der Waals surface area contributed by atoms with Gasteiger partial charge in [0.15, 0.2) is 0 Å². The lowest BCUT2D eigenvalue weighted by Crippen LogP contribution is -2.01. The summed E-state index contributed by atoms with van der Waals surface area (Å²) in [6.07, 6.45) is 0. The van der Waals surface area contributed by atoms with Crippen molar-refractivity contribution in [2.75, 3.05) is 5.32 Å². The minimum absolute atomic E-state index is 0.351. The highest BCUT2D eigenvalue weighted by Crippen LogP contribution is 2.20. The summed E-state index contributed by atoms with van der Waals surface area (Å²) in [5, 5.41) is 12.2. The highest BCUT2D eigenvalue weighted by atomic mass is 35.5. The van der Waals surface area contributed by atoms with Crippen molar-refractivity contribution in [2.45, 2.75) is 6.54 Å². The molecule has 90 valence electrons. The Morgan fingerprint density at radius 3 is 2.83 bits per heavy atom. The zero-order valence-corrected chi connectivity index (χ0v) is 10.2. The molecule has 2 aromatic carbocycles. The van der Waals surface area contributed by atoms with Crippen LogP contribution in [0.15, 0.2) is 42.5 Å². The molecule has 0 saturated heterocycles. The predicted octanol–water partition coefficient (Wildman–Crippen LogP) is 3.96. The summed E-state index contributed by atoms with van der Waals surface area (Å²) in [4.78, 5) is 0. The Morgan fingerprint density at radius 2 is 2.06 bits per heavy atom. The maximum atomic E-state index is 13.4. The van der Waals surface area contributed by atoms with E-state index < -0.39 is 0 Å². The van der Waals surface area contributed by atoms with Crippen molar-refractivity contribution in [1.82, 2.24) is 0 Å². The van der Waals surface area contributed by atoms with E-state index in [-0.39, 0.29) is 5.82 Å². The standard InChI is InChI=1S/C14H10ClFN2/c15-12-4-5-13(16)14(7-12)18-9-11-3-1-2-10(6-11)8-17/h1-7,18H,9H2. The molecule has 0 spiro atoms. The molecule has 0 saturated carbocycles. The molecule has 0 aliphatic heterocycles. The number of hydrogen-bond donors (Lipinski definition) is 1. The van der Waals surface area contributed by atoms with Crippen LogP contribution in [0.2, 0.25) is 5.02 Å². The molecule has 0 aliphatic rings. The highest BCUT2D eigenvalue weighted by Gasteiger charge is 2.02.